The largest absolute Gasteiger partial charge is 0.450 e. The fourth-order valence-electron chi connectivity index (χ4n) is 3.74. The molecule has 0 aliphatic carbocycles. The fraction of sp³-hybridized carbons (Fsp3) is 0.571. The second-order valence-electron chi connectivity index (χ2n) is 7.87. The van der Waals surface area contributed by atoms with Gasteiger partial charge in [0.1, 0.15) is 6.54 Å². The third-order valence-corrected chi connectivity index (χ3v) is 7.37. The first-order chi connectivity index (χ1) is 15.2. The molecule has 4 amide bonds. The number of amides is 4. The molecule has 10 nitrogen and oxygen atoms in total. The number of hydrogen-bond donors (Lipinski definition) is 0. The number of sulfonamides is 1. The molecule has 2 aliphatic rings. The number of rotatable bonds is 5. The molecule has 0 radical (unpaired) electrons. The zero-order chi connectivity index (χ0) is 23.3. The van der Waals surface area contributed by atoms with E-state index in [0.717, 1.165) is 18.4 Å². The van der Waals surface area contributed by atoms with Gasteiger partial charge in [0, 0.05) is 39.3 Å². The normalized spacial score (nSPS) is 16.8. The van der Waals surface area contributed by atoms with Crippen molar-refractivity contribution in [2.24, 2.45) is 0 Å². The summed E-state index contributed by atoms with van der Waals surface area (Å²) in [5, 5.41) is 0. The number of nitrogens with zero attached hydrogens (tertiary/aromatic N) is 4. The van der Waals surface area contributed by atoms with E-state index in [1.807, 2.05) is 6.92 Å². The fourth-order valence-corrected chi connectivity index (χ4v) is 5.07. The highest BCUT2D eigenvalue weighted by Crippen LogP contribution is 2.21. The van der Waals surface area contributed by atoms with Crippen molar-refractivity contribution in [3.05, 3.63) is 29.8 Å². The zero-order valence-electron chi connectivity index (χ0n) is 18.5. The summed E-state index contributed by atoms with van der Waals surface area (Å²) in [6, 6.07) is 5.51. The number of piperazine rings is 1. The summed E-state index contributed by atoms with van der Waals surface area (Å²) in [6.07, 6.45) is 1.16. The summed E-state index contributed by atoms with van der Waals surface area (Å²) >= 11 is 0. The van der Waals surface area contributed by atoms with Crippen LogP contribution in [-0.2, 0) is 19.6 Å². The van der Waals surface area contributed by atoms with Crippen molar-refractivity contribution in [1.82, 2.24) is 19.0 Å². The summed E-state index contributed by atoms with van der Waals surface area (Å²) in [5.74, 6) is -0.475. The van der Waals surface area contributed by atoms with Crippen LogP contribution in [0.15, 0.2) is 29.2 Å². The highest BCUT2D eigenvalue weighted by atomic mass is 32.2. The number of likely N-dealkylation sites (tertiary alicyclic amines) is 1. The molecule has 2 aliphatic heterocycles. The number of ether oxygens (including phenoxy) is 1. The lowest BCUT2D eigenvalue weighted by Crippen LogP contribution is -2.55. The van der Waals surface area contributed by atoms with Crippen LogP contribution in [0.1, 0.15) is 25.3 Å². The maximum absolute atomic E-state index is 13.3. The average Bonchev–Trinajstić information content (AvgIpc) is 3.32. The Kier molecular flexibility index (Phi) is 7.60. The third-order valence-electron chi connectivity index (χ3n) is 5.64. The smallest absolute Gasteiger partial charge is 0.409 e. The number of aryl methyl sites for hydroxylation is 1. The van der Waals surface area contributed by atoms with Crippen LogP contribution >= 0.6 is 0 Å². The summed E-state index contributed by atoms with van der Waals surface area (Å²) in [7, 11) is -4.21. The molecule has 0 N–H and O–H groups in total. The monoisotopic (exact) mass is 466 g/mol. The van der Waals surface area contributed by atoms with Crippen LogP contribution in [0.3, 0.4) is 0 Å². The van der Waals surface area contributed by atoms with Gasteiger partial charge in [-0.25, -0.2) is 22.3 Å². The molecule has 11 heteroatoms. The van der Waals surface area contributed by atoms with E-state index in [0.29, 0.717) is 17.4 Å². The summed E-state index contributed by atoms with van der Waals surface area (Å²) in [5.41, 5.74) is 0.886. The van der Waals surface area contributed by atoms with Crippen molar-refractivity contribution in [2.75, 3.05) is 52.4 Å². The SMILES string of the molecule is CCOC(=O)N1CCN(C(=O)CN(C(=O)N2CCCC2)S(=O)(=O)c2ccc(C)cc2)CC1. The van der Waals surface area contributed by atoms with Gasteiger partial charge >= 0.3 is 12.1 Å². The Labute approximate surface area is 188 Å². The van der Waals surface area contributed by atoms with Crippen molar-refractivity contribution in [3.8, 4) is 0 Å². The summed E-state index contributed by atoms with van der Waals surface area (Å²) in [4.78, 5) is 42.4. The molecule has 0 unspecified atom stereocenters. The number of hydrogen-bond acceptors (Lipinski definition) is 6. The predicted molar refractivity (Wildman–Crippen MR) is 116 cm³/mol. The van der Waals surface area contributed by atoms with Crippen LogP contribution in [0.25, 0.3) is 0 Å². The van der Waals surface area contributed by atoms with Crippen molar-refractivity contribution in [3.63, 3.8) is 0 Å². The van der Waals surface area contributed by atoms with E-state index in [1.54, 1.807) is 19.1 Å². The molecule has 1 aromatic rings. The first-order valence-electron chi connectivity index (χ1n) is 10.8. The first kappa shape index (κ1) is 23.8. The minimum absolute atomic E-state index is 0.0319. The molecular formula is C21H30N4O6S. The second-order valence-corrected chi connectivity index (χ2v) is 9.73. The Bertz CT molecular complexity index is 936. The van der Waals surface area contributed by atoms with Gasteiger partial charge in [0.25, 0.3) is 10.0 Å². The summed E-state index contributed by atoms with van der Waals surface area (Å²) < 4.78 is 32.3. The van der Waals surface area contributed by atoms with Crippen LogP contribution in [0.4, 0.5) is 9.59 Å². The molecule has 32 heavy (non-hydrogen) atoms. The zero-order valence-corrected chi connectivity index (χ0v) is 19.3. The van der Waals surface area contributed by atoms with Crippen LogP contribution in [0, 0.1) is 6.92 Å². The van der Waals surface area contributed by atoms with Gasteiger partial charge < -0.3 is 19.4 Å². The lowest BCUT2D eigenvalue weighted by Gasteiger charge is -2.35. The van der Waals surface area contributed by atoms with Crippen molar-refractivity contribution in [1.29, 1.82) is 0 Å². The summed E-state index contributed by atoms with van der Waals surface area (Å²) in [6.45, 7) is 5.23. The van der Waals surface area contributed by atoms with Gasteiger partial charge in [-0.05, 0) is 38.8 Å². The number of urea groups is 1. The van der Waals surface area contributed by atoms with Gasteiger partial charge in [-0.3, -0.25) is 4.79 Å². The van der Waals surface area contributed by atoms with Gasteiger partial charge in [-0.1, -0.05) is 17.7 Å². The molecule has 176 valence electrons. The van der Waals surface area contributed by atoms with Crippen molar-refractivity contribution < 1.29 is 27.5 Å². The molecule has 0 spiro atoms. The van der Waals surface area contributed by atoms with Crippen molar-refractivity contribution in [2.45, 2.75) is 31.6 Å². The van der Waals surface area contributed by atoms with E-state index in [1.165, 1.54) is 26.8 Å². The molecule has 3 rings (SSSR count). The minimum atomic E-state index is -4.21. The maximum atomic E-state index is 13.3. The van der Waals surface area contributed by atoms with E-state index >= 15 is 0 Å². The molecule has 1 aromatic carbocycles. The molecule has 0 saturated carbocycles. The lowest BCUT2D eigenvalue weighted by molar-refractivity contribution is -0.132. The van der Waals surface area contributed by atoms with E-state index in [9.17, 15) is 22.8 Å². The standard InChI is InChI=1S/C21H30N4O6S/c1-3-31-21(28)24-14-12-22(13-15-24)19(26)16-25(20(27)23-10-4-5-11-23)32(29,30)18-8-6-17(2)7-9-18/h6-9H,3-5,10-16H2,1-2H3. The van der Waals surface area contributed by atoms with Crippen molar-refractivity contribution >= 4 is 28.1 Å². The van der Waals surface area contributed by atoms with E-state index in [-0.39, 0.29) is 37.7 Å². The second kappa shape index (κ2) is 10.2. The Hall–Kier alpha value is -2.82. The number of benzene rings is 1. The first-order valence-corrected chi connectivity index (χ1v) is 12.3. The van der Waals surface area contributed by atoms with Crippen LogP contribution < -0.4 is 0 Å². The average molecular weight is 467 g/mol. The van der Waals surface area contributed by atoms with Crippen LogP contribution in [0.5, 0.6) is 0 Å². The molecule has 0 bridgehead atoms. The van der Waals surface area contributed by atoms with E-state index < -0.39 is 34.6 Å². The minimum Gasteiger partial charge on any atom is -0.450 e. The highest BCUT2D eigenvalue weighted by Gasteiger charge is 2.37. The molecule has 0 aromatic heterocycles. The number of carbonyl (C=O) groups excluding carboxylic acids is 3. The van der Waals surface area contributed by atoms with E-state index in [4.69, 9.17) is 4.74 Å². The topological polar surface area (TPSA) is 108 Å². The van der Waals surface area contributed by atoms with Crippen LogP contribution in [-0.4, -0.2) is 97.9 Å². The van der Waals surface area contributed by atoms with Gasteiger partial charge in [0.15, 0.2) is 0 Å². The molecular weight excluding hydrogens is 436 g/mol. The highest BCUT2D eigenvalue weighted by molar-refractivity contribution is 7.89. The Morgan fingerprint density at radius 1 is 0.906 bits per heavy atom. The molecule has 2 heterocycles. The van der Waals surface area contributed by atoms with Gasteiger partial charge in [0.05, 0.1) is 11.5 Å². The molecule has 0 atom stereocenters. The molecule has 2 fully saturated rings. The van der Waals surface area contributed by atoms with E-state index in [2.05, 4.69) is 0 Å². The number of carbonyl (C=O) groups is 3. The maximum Gasteiger partial charge on any atom is 0.409 e. The van der Waals surface area contributed by atoms with Gasteiger partial charge in [-0.2, -0.15) is 0 Å². The Balaban J connectivity index is 1.75. The van der Waals surface area contributed by atoms with Gasteiger partial charge in [0.2, 0.25) is 5.91 Å². The van der Waals surface area contributed by atoms with Crippen LogP contribution in [0.2, 0.25) is 0 Å². The Morgan fingerprint density at radius 3 is 2.03 bits per heavy atom. The molecule has 2 saturated heterocycles. The predicted octanol–water partition coefficient (Wildman–Crippen LogP) is 1.50. The lowest BCUT2D eigenvalue weighted by atomic mass is 10.2. The quantitative estimate of drug-likeness (QED) is 0.651. The van der Waals surface area contributed by atoms with Gasteiger partial charge in [-0.15, -0.1) is 0 Å². The Morgan fingerprint density at radius 2 is 1.47 bits per heavy atom. The third kappa shape index (κ3) is 5.32.